The predicted molar refractivity (Wildman–Crippen MR) is 60.1 cm³/mol. The Labute approximate surface area is 89.5 Å². The van der Waals surface area contributed by atoms with Gasteiger partial charge in [-0.3, -0.25) is 0 Å². The van der Waals surface area contributed by atoms with Gasteiger partial charge in [-0.25, -0.2) is 4.98 Å². The van der Waals surface area contributed by atoms with E-state index in [1.165, 1.54) is 5.56 Å². The summed E-state index contributed by atoms with van der Waals surface area (Å²) in [4.78, 5) is 4.16. The lowest BCUT2D eigenvalue weighted by Gasteiger charge is -1.97. The summed E-state index contributed by atoms with van der Waals surface area (Å²) in [5.41, 5.74) is 2.18. The minimum atomic E-state index is 0.865. The molecule has 0 aliphatic heterocycles. The maximum atomic E-state index is 4.16. The topological polar surface area (TPSA) is 16.8 Å². The molecule has 1 aromatic heterocycles. The third kappa shape index (κ3) is 2.50. The maximum absolute atomic E-state index is 4.16. The first-order chi connectivity index (χ1) is 7.38. The van der Waals surface area contributed by atoms with E-state index in [1.54, 1.807) is 12.3 Å². The van der Waals surface area contributed by atoms with Crippen molar-refractivity contribution in [1.82, 2.24) is 4.98 Å². The summed E-state index contributed by atoms with van der Waals surface area (Å²) in [5.74, 6) is 0. The van der Waals surface area contributed by atoms with Crippen LogP contribution in [0.25, 0.3) is 6.08 Å². The second-order valence-electron chi connectivity index (χ2n) is 3.34. The van der Waals surface area contributed by atoms with Crippen LogP contribution in [0.1, 0.15) is 11.3 Å². The van der Waals surface area contributed by atoms with Crippen molar-refractivity contribution in [2.75, 3.05) is 0 Å². The zero-order chi connectivity index (χ0) is 10.5. The van der Waals surface area contributed by atoms with E-state index in [1.807, 2.05) is 30.6 Å². The molecule has 2 nitrogen and oxygen atoms in total. The highest BCUT2D eigenvalue weighted by Crippen LogP contribution is 1.97. The minimum absolute atomic E-state index is 0.865. The van der Waals surface area contributed by atoms with Crippen molar-refractivity contribution < 1.29 is 4.57 Å². The zero-order valence-electron chi connectivity index (χ0n) is 8.50. The van der Waals surface area contributed by atoms with Gasteiger partial charge in [-0.15, -0.1) is 0 Å². The molecule has 0 N–H and O–H groups in total. The molecule has 0 unspecified atom stereocenters. The fourth-order valence-electron chi connectivity index (χ4n) is 1.45. The van der Waals surface area contributed by atoms with Crippen molar-refractivity contribution in [2.45, 2.75) is 6.54 Å². The molecule has 1 aromatic carbocycles. The van der Waals surface area contributed by atoms with Crippen LogP contribution in [0.5, 0.6) is 0 Å². The van der Waals surface area contributed by atoms with E-state index in [0.717, 1.165) is 12.2 Å². The Hall–Kier alpha value is -1.96. The summed E-state index contributed by atoms with van der Waals surface area (Å²) >= 11 is 0. The molecule has 0 saturated heterocycles. The van der Waals surface area contributed by atoms with Crippen molar-refractivity contribution in [3.8, 4) is 0 Å². The van der Waals surface area contributed by atoms with E-state index >= 15 is 0 Å². The fourth-order valence-corrected chi connectivity index (χ4v) is 1.45. The number of benzene rings is 1. The first kappa shape index (κ1) is 9.59. The average molecular weight is 197 g/mol. The smallest absolute Gasteiger partial charge is 0.194 e. The summed E-state index contributed by atoms with van der Waals surface area (Å²) in [7, 11) is 0. The third-order valence-corrected chi connectivity index (χ3v) is 2.20. The van der Waals surface area contributed by atoms with Gasteiger partial charge in [-0.2, -0.15) is 4.57 Å². The monoisotopic (exact) mass is 197 g/mol. The van der Waals surface area contributed by atoms with Crippen molar-refractivity contribution in [3.05, 3.63) is 66.8 Å². The van der Waals surface area contributed by atoms with E-state index in [0.29, 0.717) is 0 Å². The van der Waals surface area contributed by atoms with E-state index < -0.39 is 0 Å². The van der Waals surface area contributed by atoms with Gasteiger partial charge in [0, 0.05) is 5.56 Å². The molecule has 1 heterocycles. The Morgan fingerprint density at radius 1 is 1.27 bits per heavy atom. The summed E-state index contributed by atoms with van der Waals surface area (Å²) in [5, 5.41) is 0. The molecule has 2 rings (SSSR count). The third-order valence-electron chi connectivity index (χ3n) is 2.20. The largest absolute Gasteiger partial charge is 0.244 e. The van der Waals surface area contributed by atoms with Crippen molar-refractivity contribution >= 4 is 6.08 Å². The Morgan fingerprint density at radius 3 is 2.80 bits per heavy atom. The van der Waals surface area contributed by atoms with E-state index in [-0.39, 0.29) is 0 Å². The molecule has 15 heavy (non-hydrogen) atoms. The van der Waals surface area contributed by atoms with Crippen molar-refractivity contribution in [1.29, 1.82) is 0 Å². The Bertz CT molecular complexity index is 449. The van der Waals surface area contributed by atoms with Crippen LogP contribution in [0, 0.1) is 0 Å². The molecule has 2 heteroatoms. The van der Waals surface area contributed by atoms with Crippen LogP contribution in [0.4, 0.5) is 0 Å². The van der Waals surface area contributed by atoms with E-state index in [2.05, 4.69) is 28.3 Å². The minimum Gasteiger partial charge on any atom is -0.244 e. The SMILES string of the molecule is C=Cc1c[n+](Cc2ccccc2)ccn1. The molecule has 2 aromatic rings. The van der Waals surface area contributed by atoms with Crippen LogP contribution < -0.4 is 4.57 Å². The molecule has 0 spiro atoms. The van der Waals surface area contributed by atoms with Crippen molar-refractivity contribution in [2.24, 2.45) is 0 Å². The van der Waals surface area contributed by atoms with Crippen LogP contribution in [0.15, 0.2) is 55.5 Å². The highest BCUT2D eigenvalue weighted by atomic mass is 15.0. The van der Waals surface area contributed by atoms with Crippen molar-refractivity contribution in [3.63, 3.8) is 0 Å². The standard InChI is InChI=1S/C13H13N2/c1-2-13-11-15(9-8-14-13)10-12-6-4-3-5-7-12/h2-9,11H,1,10H2/q+1. The molecule has 0 radical (unpaired) electrons. The second kappa shape index (κ2) is 4.51. The van der Waals surface area contributed by atoms with Gasteiger partial charge in [-0.05, 0) is 6.08 Å². The van der Waals surface area contributed by atoms with Gasteiger partial charge in [0.25, 0.3) is 0 Å². The van der Waals surface area contributed by atoms with Gasteiger partial charge in [0.05, 0.1) is 6.20 Å². The quantitative estimate of drug-likeness (QED) is 0.688. The van der Waals surface area contributed by atoms with Gasteiger partial charge in [0.1, 0.15) is 5.69 Å². The van der Waals surface area contributed by atoms with Gasteiger partial charge < -0.3 is 0 Å². The normalized spacial score (nSPS) is 9.87. The number of rotatable bonds is 3. The lowest BCUT2D eigenvalue weighted by Crippen LogP contribution is -2.33. The summed E-state index contributed by atoms with van der Waals surface area (Å²) in [6, 6.07) is 10.3. The molecule has 0 amide bonds. The second-order valence-corrected chi connectivity index (χ2v) is 3.34. The molecule has 0 fully saturated rings. The van der Waals surface area contributed by atoms with Crippen LogP contribution in [0.3, 0.4) is 0 Å². The van der Waals surface area contributed by atoms with E-state index in [4.69, 9.17) is 0 Å². The van der Waals surface area contributed by atoms with E-state index in [9.17, 15) is 0 Å². The predicted octanol–water partition coefficient (Wildman–Crippen LogP) is 2.06. The van der Waals surface area contributed by atoms with Gasteiger partial charge in [-0.1, -0.05) is 36.9 Å². The number of hydrogen-bond acceptors (Lipinski definition) is 1. The summed E-state index contributed by atoms with van der Waals surface area (Å²) < 4.78 is 2.10. The Morgan fingerprint density at radius 2 is 2.07 bits per heavy atom. The lowest BCUT2D eigenvalue weighted by molar-refractivity contribution is -0.689. The maximum Gasteiger partial charge on any atom is 0.194 e. The molecule has 0 atom stereocenters. The number of nitrogens with zero attached hydrogens (tertiary/aromatic N) is 2. The van der Waals surface area contributed by atoms with Crippen LogP contribution in [0.2, 0.25) is 0 Å². The molecular formula is C13H13N2+. The van der Waals surface area contributed by atoms with Gasteiger partial charge in [0.15, 0.2) is 18.9 Å². The van der Waals surface area contributed by atoms with Gasteiger partial charge in [0.2, 0.25) is 0 Å². The number of hydrogen-bond donors (Lipinski definition) is 0. The zero-order valence-corrected chi connectivity index (χ0v) is 8.50. The first-order valence-electron chi connectivity index (χ1n) is 4.90. The molecule has 0 saturated carbocycles. The molecule has 74 valence electrons. The Kier molecular flexibility index (Phi) is 2.88. The highest BCUT2D eigenvalue weighted by molar-refractivity contribution is 5.37. The molecular weight excluding hydrogens is 184 g/mol. The van der Waals surface area contributed by atoms with Gasteiger partial charge >= 0.3 is 0 Å². The van der Waals surface area contributed by atoms with Crippen LogP contribution in [-0.2, 0) is 6.54 Å². The highest BCUT2D eigenvalue weighted by Gasteiger charge is 2.02. The summed E-state index contributed by atoms with van der Waals surface area (Å²) in [6.45, 7) is 4.57. The van der Waals surface area contributed by atoms with Crippen LogP contribution in [-0.4, -0.2) is 4.98 Å². The lowest BCUT2D eigenvalue weighted by atomic mass is 10.2. The number of aromatic nitrogens is 2. The fraction of sp³-hybridized carbons (Fsp3) is 0.0769. The molecule has 0 bridgehead atoms. The summed E-state index contributed by atoms with van der Waals surface area (Å²) in [6.07, 6.45) is 7.49. The van der Waals surface area contributed by atoms with Crippen LogP contribution >= 0.6 is 0 Å². The average Bonchev–Trinajstić information content (AvgIpc) is 2.31. The Balaban J connectivity index is 2.21. The molecule has 0 aliphatic rings. The molecule has 0 aliphatic carbocycles. The first-order valence-corrected chi connectivity index (χ1v) is 4.90.